The second kappa shape index (κ2) is 7.77. The summed E-state index contributed by atoms with van der Waals surface area (Å²) in [5.41, 5.74) is 1.90. The van der Waals surface area contributed by atoms with Crippen molar-refractivity contribution in [2.75, 3.05) is 24.5 Å². The van der Waals surface area contributed by atoms with Crippen LogP contribution in [0.15, 0.2) is 22.7 Å². The van der Waals surface area contributed by atoms with Crippen LogP contribution in [0.25, 0.3) is 0 Å². The number of nitrogens with zero attached hydrogens (tertiary/aromatic N) is 2. The maximum absolute atomic E-state index is 12.3. The van der Waals surface area contributed by atoms with Gasteiger partial charge < -0.3 is 9.80 Å². The number of piperidine rings is 1. The van der Waals surface area contributed by atoms with Gasteiger partial charge in [0.05, 0.1) is 0 Å². The van der Waals surface area contributed by atoms with Crippen LogP contribution in [0.5, 0.6) is 0 Å². The van der Waals surface area contributed by atoms with E-state index in [4.69, 9.17) is 0 Å². The first-order chi connectivity index (χ1) is 10.5. The van der Waals surface area contributed by atoms with E-state index < -0.39 is 0 Å². The largest absolute Gasteiger partial charge is 0.343 e. The number of rotatable bonds is 4. The summed E-state index contributed by atoms with van der Waals surface area (Å²) in [4.78, 5) is 27.9. The van der Waals surface area contributed by atoms with Gasteiger partial charge in [-0.2, -0.15) is 0 Å². The Balaban J connectivity index is 2.02. The zero-order valence-electron chi connectivity index (χ0n) is 13.3. The van der Waals surface area contributed by atoms with Crippen molar-refractivity contribution in [1.29, 1.82) is 0 Å². The highest BCUT2D eigenvalue weighted by Gasteiger charge is 2.19. The van der Waals surface area contributed by atoms with Crippen molar-refractivity contribution >= 4 is 33.4 Å². The highest BCUT2D eigenvalue weighted by Crippen LogP contribution is 2.24. The Hall–Kier alpha value is -1.36. The maximum Gasteiger partial charge on any atom is 0.224 e. The SMILES string of the molecule is CC(=O)N(CCC(=O)N1CCCCC1)c1ccc(Br)cc1C. The summed E-state index contributed by atoms with van der Waals surface area (Å²) >= 11 is 3.43. The standard InChI is InChI=1S/C17H23BrN2O2/c1-13-12-15(18)6-7-16(13)20(14(2)21)11-8-17(22)19-9-4-3-5-10-19/h6-7,12H,3-5,8-11H2,1-2H3. The lowest BCUT2D eigenvalue weighted by Crippen LogP contribution is -2.39. The number of benzene rings is 1. The van der Waals surface area contributed by atoms with Gasteiger partial charge in [0.1, 0.15) is 0 Å². The first-order valence-electron chi connectivity index (χ1n) is 7.81. The summed E-state index contributed by atoms with van der Waals surface area (Å²) in [5, 5.41) is 0. The van der Waals surface area contributed by atoms with E-state index in [0.29, 0.717) is 13.0 Å². The molecule has 1 aromatic carbocycles. The van der Waals surface area contributed by atoms with Gasteiger partial charge in [0.2, 0.25) is 11.8 Å². The smallest absolute Gasteiger partial charge is 0.224 e. The molecule has 0 aromatic heterocycles. The van der Waals surface area contributed by atoms with Crippen molar-refractivity contribution in [2.45, 2.75) is 39.5 Å². The molecule has 1 fully saturated rings. The van der Waals surface area contributed by atoms with Crippen molar-refractivity contribution < 1.29 is 9.59 Å². The van der Waals surface area contributed by atoms with Gasteiger partial charge in [0.25, 0.3) is 0 Å². The molecule has 5 heteroatoms. The van der Waals surface area contributed by atoms with Crippen molar-refractivity contribution in [3.63, 3.8) is 0 Å². The number of amides is 2. The number of hydrogen-bond acceptors (Lipinski definition) is 2. The van der Waals surface area contributed by atoms with E-state index >= 15 is 0 Å². The number of likely N-dealkylation sites (tertiary alicyclic amines) is 1. The van der Waals surface area contributed by atoms with Crippen LogP contribution in [0.2, 0.25) is 0 Å². The number of carbonyl (C=O) groups excluding carboxylic acids is 2. The van der Waals surface area contributed by atoms with Gasteiger partial charge in [-0.1, -0.05) is 15.9 Å². The third-order valence-electron chi connectivity index (χ3n) is 4.09. The fraction of sp³-hybridized carbons (Fsp3) is 0.529. The van der Waals surface area contributed by atoms with Crippen LogP contribution in [-0.2, 0) is 9.59 Å². The fourth-order valence-corrected chi connectivity index (χ4v) is 3.35. The minimum absolute atomic E-state index is 0.0307. The Morgan fingerprint density at radius 1 is 1.23 bits per heavy atom. The van der Waals surface area contributed by atoms with Crippen LogP contribution >= 0.6 is 15.9 Å². The van der Waals surface area contributed by atoms with Gasteiger partial charge >= 0.3 is 0 Å². The predicted octanol–water partition coefficient (Wildman–Crippen LogP) is 3.51. The summed E-state index contributed by atoms with van der Waals surface area (Å²) < 4.78 is 0.988. The minimum Gasteiger partial charge on any atom is -0.343 e. The van der Waals surface area contributed by atoms with Crippen LogP contribution in [0.3, 0.4) is 0 Å². The average molecular weight is 367 g/mol. The molecular weight excluding hydrogens is 344 g/mol. The molecule has 1 aliphatic rings. The van der Waals surface area contributed by atoms with Crippen LogP contribution in [0.4, 0.5) is 5.69 Å². The Morgan fingerprint density at radius 2 is 1.91 bits per heavy atom. The minimum atomic E-state index is -0.0307. The van der Waals surface area contributed by atoms with E-state index in [9.17, 15) is 9.59 Å². The van der Waals surface area contributed by atoms with E-state index in [-0.39, 0.29) is 11.8 Å². The maximum atomic E-state index is 12.3. The molecule has 2 rings (SSSR count). The zero-order chi connectivity index (χ0) is 16.1. The molecule has 0 bridgehead atoms. The topological polar surface area (TPSA) is 40.6 Å². The number of anilines is 1. The Morgan fingerprint density at radius 3 is 2.50 bits per heavy atom. The van der Waals surface area contributed by atoms with Gasteiger partial charge in [0.15, 0.2) is 0 Å². The summed E-state index contributed by atoms with van der Waals surface area (Å²) in [6.45, 7) is 5.68. The molecule has 1 saturated heterocycles. The van der Waals surface area contributed by atoms with Gasteiger partial charge in [-0.15, -0.1) is 0 Å². The zero-order valence-corrected chi connectivity index (χ0v) is 14.9. The normalized spacial score (nSPS) is 14.8. The van der Waals surface area contributed by atoms with Crippen LogP contribution < -0.4 is 4.90 Å². The molecule has 0 N–H and O–H groups in total. The second-order valence-corrected chi connectivity index (χ2v) is 6.71. The van der Waals surface area contributed by atoms with E-state index in [1.807, 2.05) is 30.0 Å². The van der Waals surface area contributed by atoms with E-state index in [2.05, 4.69) is 15.9 Å². The molecule has 4 nitrogen and oxygen atoms in total. The molecule has 0 saturated carbocycles. The molecule has 120 valence electrons. The molecule has 0 aliphatic carbocycles. The summed E-state index contributed by atoms with van der Waals surface area (Å²) in [6.07, 6.45) is 3.78. The molecule has 1 aromatic rings. The summed E-state index contributed by atoms with van der Waals surface area (Å²) in [5.74, 6) is 0.123. The third-order valence-corrected chi connectivity index (χ3v) is 4.58. The van der Waals surface area contributed by atoms with Crippen molar-refractivity contribution in [2.24, 2.45) is 0 Å². The van der Waals surface area contributed by atoms with E-state index in [1.54, 1.807) is 11.8 Å². The van der Waals surface area contributed by atoms with Gasteiger partial charge in [-0.05, 0) is 49.9 Å². The highest BCUT2D eigenvalue weighted by molar-refractivity contribution is 9.10. The fourth-order valence-electron chi connectivity index (χ4n) is 2.88. The highest BCUT2D eigenvalue weighted by atomic mass is 79.9. The number of carbonyl (C=O) groups is 2. The predicted molar refractivity (Wildman–Crippen MR) is 92.0 cm³/mol. The summed E-state index contributed by atoms with van der Waals surface area (Å²) in [7, 11) is 0. The van der Waals surface area contributed by atoms with Gasteiger partial charge in [0, 0.05) is 43.1 Å². The first kappa shape index (κ1) is 17.0. The molecule has 0 unspecified atom stereocenters. The first-order valence-corrected chi connectivity index (χ1v) is 8.60. The molecular formula is C17H23BrN2O2. The lowest BCUT2D eigenvalue weighted by molar-refractivity contribution is -0.131. The monoisotopic (exact) mass is 366 g/mol. The second-order valence-electron chi connectivity index (χ2n) is 5.79. The van der Waals surface area contributed by atoms with Crippen molar-refractivity contribution in [1.82, 2.24) is 4.90 Å². The number of aryl methyl sites for hydroxylation is 1. The quantitative estimate of drug-likeness (QED) is 0.817. The molecule has 0 atom stereocenters. The van der Waals surface area contributed by atoms with Gasteiger partial charge in [-0.3, -0.25) is 9.59 Å². The molecule has 2 amide bonds. The molecule has 1 heterocycles. The van der Waals surface area contributed by atoms with E-state index in [0.717, 1.165) is 41.7 Å². The van der Waals surface area contributed by atoms with Crippen molar-refractivity contribution in [3.05, 3.63) is 28.2 Å². The number of hydrogen-bond donors (Lipinski definition) is 0. The van der Waals surface area contributed by atoms with Crippen molar-refractivity contribution in [3.8, 4) is 0 Å². The molecule has 1 aliphatic heterocycles. The number of halogens is 1. The van der Waals surface area contributed by atoms with Crippen LogP contribution in [-0.4, -0.2) is 36.3 Å². The lowest BCUT2D eigenvalue weighted by Gasteiger charge is -2.28. The third kappa shape index (κ3) is 4.32. The lowest BCUT2D eigenvalue weighted by atomic mass is 10.1. The Bertz CT molecular complexity index is 554. The van der Waals surface area contributed by atoms with Crippen LogP contribution in [0, 0.1) is 6.92 Å². The Kier molecular flexibility index (Phi) is 6.00. The molecule has 22 heavy (non-hydrogen) atoms. The summed E-state index contributed by atoms with van der Waals surface area (Å²) in [6, 6.07) is 5.83. The van der Waals surface area contributed by atoms with Crippen LogP contribution in [0.1, 0.15) is 38.2 Å². The van der Waals surface area contributed by atoms with Gasteiger partial charge in [-0.25, -0.2) is 0 Å². The van der Waals surface area contributed by atoms with E-state index in [1.165, 1.54) is 6.42 Å². The molecule has 0 radical (unpaired) electrons. The average Bonchev–Trinajstić information content (AvgIpc) is 2.49. The molecule has 0 spiro atoms. The Labute approximate surface area is 140 Å².